The minimum absolute atomic E-state index is 0.770. The lowest BCUT2D eigenvalue weighted by Crippen LogP contribution is -2.36. The van der Waals surface area contributed by atoms with Crippen LogP contribution in [0.25, 0.3) is 21.8 Å². The SMILES string of the molecule is c1cc2ccc3ccc(N4CCOCC4)nc3c2nc1N1CCCC1. The van der Waals surface area contributed by atoms with Gasteiger partial charge in [-0.15, -0.1) is 0 Å². The zero-order valence-corrected chi connectivity index (χ0v) is 14.3. The van der Waals surface area contributed by atoms with Crippen LogP contribution < -0.4 is 9.80 Å². The zero-order chi connectivity index (χ0) is 16.6. The summed E-state index contributed by atoms with van der Waals surface area (Å²) >= 11 is 0. The van der Waals surface area contributed by atoms with Crippen LogP contribution in [-0.2, 0) is 4.74 Å². The first-order valence-corrected chi connectivity index (χ1v) is 9.17. The second-order valence-electron chi connectivity index (χ2n) is 6.84. The van der Waals surface area contributed by atoms with Gasteiger partial charge in [0.25, 0.3) is 0 Å². The number of ether oxygens (including phenoxy) is 1. The van der Waals surface area contributed by atoms with Crippen molar-refractivity contribution in [1.82, 2.24) is 9.97 Å². The highest BCUT2D eigenvalue weighted by Gasteiger charge is 2.16. The van der Waals surface area contributed by atoms with Crippen molar-refractivity contribution in [2.24, 2.45) is 0 Å². The molecule has 3 aromatic rings. The van der Waals surface area contributed by atoms with Crippen LogP contribution >= 0.6 is 0 Å². The first kappa shape index (κ1) is 14.9. The largest absolute Gasteiger partial charge is 0.378 e. The monoisotopic (exact) mass is 334 g/mol. The molecule has 0 spiro atoms. The molecular weight excluding hydrogens is 312 g/mol. The summed E-state index contributed by atoms with van der Waals surface area (Å²) < 4.78 is 5.46. The van der Waals surface area contributed by atoms with Gasteiger partial charge in [-0.1, -0.05) is 12.1 Å². The van der Waals surface area contributed by atoms with E-state index in [9.17, 15) is 0 Å². The van der Waals surface area contributed by atoms with Crippen molar-refractivity contribution < 1.29 is 4.74 Å². The Kier molecular flexibility index (Phi) is 3.67. The number of nitrogens with zero attached hydrogens (tertiary/aromatic N) is 4. The van der Waals surface area contributed by atoms with Gasteiger partial charge < -0.3 is 14.5 Å². The van der Waals surface area contributed by atoms with Gasteiger partial charge in [0.15, 0.2) is 0 Å². The van der Waals surface area contributed by atoms with Crippen LogP contribution in [0, 0.1) is 0 Å². The number of fused-ring (bicyclic) bond motifs is 3. The predicted molar refractivity (Wildman–Crippen MR) is 102 cm³/mol. The van der Waals surface area contributed by atoms with Gasteiger partial charge in [-0.2, -0.15) is 0 Å². The third kappa shape index (κ3) is 2.68. The molecule has 2 saturated heterocycles. The van der Waals surface area contributed by atoms with E-state index in [1.54, 1.807) is 0 Å². The lowest BCUT2D eigenvalue weighted by Gasteiger charge is -2.28. The van der Waals surface area contributed by atoms with Gasteiger partial charge >= 0.3 is 0 Å². The van der Waals surface area contributed by atoms with Crippen molar-refractivity contribution in [2.75, 3.05) is 49.2 Å². The summed E-state index contributed by atoms with van der Waals surface area (Å²) in [5.41, 5.74) is 2.01. The minimum atomic E-state index is 0.770. The number of hydrogen-bond donors (Lipinski definition) is 0. The second-order valence-corrected chi connectivity index (χ2v) is 6.84. The molecule has 0 aliphatic carbocycles. The normalized spacial score (nSPS) is 18.4. The van der Waals surface area contributed by atoms with Crippen molar-refractivity contribution in [3.8, 4) is 0 Å². The Balaban J connectivity index is 1.64. The molecule has 5 heteroatoms. The van der Waals surface area contributed by atoms with E-state index < -0.39 is 0 Å². The predicted octanol–water partition coefficient (Wildman–Crippen LogP) is 3.22. The van der Waals surface area contributed by atoms with E-state index in [-0.39, 0.29) is 0 Å². The van der Waals surface area contributed by atoms with Crippen molar-refractivity contribution in [3.05, 3.63) is 36.4 Å². The number of aromatic nitrogens is 2. The summed E-state index contributed by atoms with van der Waals surface area (Å²) in [5.74, 6) is 2.10. The van der Waals surface area contributed by atoms with Crippen molar-refractivity contribution in [2.45, 2.75) is 12.8 Å². The minimum Gasteiger partial charge on any atom is -0.378 e. The quantitative estimate of drug-likeness (QED) is 0.673. The van der Waals surface area contributed by atoms with Gasteiger partial charge in [0.1, 0.15) is 11.6 Å². The van der Waals surface area contributed by atoms with Crippen molar-refractivity contribution in [3.63, 3.8) is 0 Å². The third-order valence-electron chi connectivity index (χ3n) is 5.26. The molecule has 2 aliphatic heterocycles. The highest BCUT2D eigenvalue weighted by atomic mass is 16.5. The van der Waals surface area contributed by atoms with Gasteiger partial charge in [0.2, 0.25) is 0 Å². The van der Waals surface area contributed by atoms with Crippen LogP contribution in [0.3, 0.4) is 0 Å². The van der Waals surface area contributed by atoms with Crippen LogP contribution in [0.15, 0.2) is 36.4 Å². The maximum absolute atomic E-state index is 5.46. The van der Waals surface area contributed by atoms with E-state index in [4.69, 9.17) is 14.7 Å². The maximum Gasteiger partial charge on any atom is 0.129 e. The molecule has 0 saturated carbocycles. The molecule has 0 atom stereocenters. The Morgan fingerprint density at radius 2 is 1.12 bits per heavy atom. The Hall–Kier alpha value is -2.40. The van der Waals surface area contributed by atoms with Crippen molar-refractivity contribution in [1.29, 1.82) is 0 Å². The van der Waals surface area contributed by atoms with Gasteiger partial charge in [0, 0.05) is 37.0 Å². The highest BCUT2D eigenvalue weighted by molar-refractivity contribution is 6.03. The number of morpholine rings is 1. The molecule has 5 nitrogen and oxygen atoms in total. The Morgan fingerprint density at radius 1 is 0.640 bits per heavy atom. The molecule has 2 aromatic heterocycles. The van der Waals surface area contributed by atoms with Crippen LogP contribution in [0.2, 0.25) is 0 Å². The molecular formula is C20H22N4O. The zero-order valence-electron chi connectivity index (χ0n) is 14.3. The summed E-state index contributed by atoms with van der Waals surface area (Å²) in [6.07, 6.45) is 2.52. The smallest absolute Gasteiger partial charge is 0.129 e. The summed E-state index contributed by atoms with van der Waals surface area (Å²) in [5, 5.41) is 2.30. The Labute approximate surface area is 147 Å². The summed E-state index contributed by atoms with van der Waals surface area (Å²) in [7, 11) is 0. The fourth-order valence-electron chi connectivity index (χ4n) is 3.84. The average Bonchev–Trinajstić information content (AvgIpc) is 3.22. The molecule has 0 N–H and O–H groups in total. The molecule has 0 bridgehead atoms. The fourth-order valence-corrected chi connectivity index (χ4v) is 3.84. The molecule has 2 aliphatic rings. The van der Waals surface area contributed by atoms with E-state index in [1.807, 2.05) is 0 Å². The van der Waals surface area contributed by atoms with E-state index >= 15 is 0 Å². The van der Waals surface area contributed by atoms with Crippen LogP contribution in [-0.4, -0.2) is 49.4 Å². The van der Waals surface area contributed by atoms with Gasteiger partial charge in [-0.25, -0.2) is 9.97 Å². The van der Waals surface area contributed by atoms with Gasteiger partial charge in [-0.05, 0) is 37.1 Å². The number of rotatable bonds is 2. The summed E-state index contributed by atoms with van der Waals surface area (Å²) in [6.45, 7) is 5.55. The molecule has 2 fully saturated rings. The Morgan fingerprint density at radius 3 is 1.68 bits per heavy atom. The topological polar surface area (TPSA) is 41.5 Å². The van der Waals surface area contributed by atoms with Crippen LogP contribution in [0.4, 0.5) is 11.6 Å². The molecule has 128 valence electrons. The molecule has 4 heterocycles. The lowest BCUT2D eigenvalue weighted by molar-refractivity contribution is 0.122. The molecule has 25 heavy (non-hydrogen) atoms. The summed E-state index contributed by atoms with van der Waals surface area (Å²) in [4.78, 5) is 14.7. The third-order valence-corrected chi connectivity index (χ3v) is 5.26. The second kappa shape index (κ2) is 6.15. The molecule has 1 aromatic carbocycles. The standard InChI is InChI=1S/C20H22N4O/c1-2-10-23(9-1)17-7-5-15-3-4-16-6-8-18(22-20(16)19(15)21-17)24-11-13-25-14-12-24/h3-8H,1-2,9-14H2. The number of benzene rings is 1. The fraction of sp³-hybridized carbons (Fsp3) is 0.400. The molecule has 0 radical (unpaired) electrons. The summed E-state index contributed by atoms with van der Waals surface area (Å²) in [6, 6.07) is 12.9. The molecule has 0 amide bonds. The number of hydrogen-bond acceptors (Lipinski definition) is 5. The van der Waals surface area contributed by atoms with E-state index in [2.05, 4.69) is 46.2 Å². The van der Waals surface area contributed by atoms with E-state index in [0.29, 0.717) is 0 Å². The van der Waals surface area contributed by atoms with Gasteiger partial charge in [0.05, 0.1) is 24.2 Å². The number of anilines is 2. The lowest BCUT2D eigenvalue weighted by atomic mass is 10.1. The van der Waals surface area contributed by atoms with Crippen LogP contribution in [0.1, 0.15) is 12.8 Å². The number of pyridine rings is 2. The average molecular weight is 334 g/mol. The Bertz CT molecular complexity index is 914. The van der Waals surface area contributed by atoms with E-state index in [1.165, 1.54) is 12.8 Å². The maximum atomic E-state index is 5.46. The molecule has 5 rings (SSSR count). The first-order valence-electron chi connectivity index (χ1n) is 9.17. The first-order chi connectivity index (χ1) is 12.4. The molecule has 0 unspecified atom stereocenters. The highest BCUT2D eigenvalue weighted by Crippen LogP contribution is 2.28. The van der Waals surface area contributed by atoms with Crippen LogP contribution in [0.5, 0.6) is 0 Å². The van der Waals surface area contributed by atoms with Gasteiger partial charge in [-0.3, -0.25) is 0 Å². The van der Waals surface area contributed by atoms with Crippen molar-refractivity contribution >= 4 is 33.4 Å². The van der Waals surface area contributed by atoms with E-state index in [0.717, 1.165) is 72.8 Å².